The molecule has 0 saturated heterocycles. The number of phenolic OH excluding ortho intramolecular Hbond substituents is 1. The Hall–Kier alpha value is -5.10. The Balaban J connectivity index is 1.26. The number of thiophene rings is 1. The van der Waals surface area contributed by atoms with Crippen LogP contribution in [0.15, 0.2) is 132 Å². The minimum absolute atomic E-state index is 0.0340. The molecule has 3 nitrogen and oxygen atoms in total. The van der Waals surface area contributed by atoms with Crippen LogP contribution in [0.5, 0.6) is 5.75 Å². The Morgan fingerprint density at radius 2 is 1.38 bits per heavy atom. The molecule has 0 unspecified atom stereocenters. The van der Waals surface area contributed by atoms with Gasteiger partial charge in [-0.25, -0.2) is 4.98 Å². The fourth-order valence-corrected chi connectivity index (χ4v) is 8.24. The van der Waals surface area contributed by atoms with E-state index >= 15 is 0 Å². The van der Waals surface area contributed by atoms with Gasteiger partial charge in [0, 0.05) is 43.1 Å². The lowest BCUT2D eigenvalue weighted by atomic mass is 9.86. The first-order valence-corrected chi connectivity index (χ1v) is 17.3. The molecule has 0 bridgehead atoms. The number of nitrogens with zero attached hydrogens (tertiary/aromatic N) is 2. The van der Waals surface area contributed by atoms with E-state index in [0.29, 0.717) is 5.56 Å². The Morgan fingerprint density at radius 3 is 2.23 bits per heavy atom. The van der Waals surface area contributed by atoms with Crippen LogP contribution in [0.4, 0.5) is 5.69 Å². The molecule has 2 heterocycles. The zero-order chi connectivity index (χ0) is 32.1. The van der Waals surface area contributed by atoms with Crippen LogP contribution in [0.3, 0.4) is 0 Å². The van der Waals surface area contributed by atoms with E-state index in [9.17, 15) is 5.11 Å². The Labute approximate surface area is 282 Å². The van der Waals surface area contributed by atoms with E-state index in [4.69, 9.17) is 9.98 Å². The second-order valence-electron chi connectivity index (χ2n) is 12.9. The third-order valence-electron chi connectivity index (χ3n) is 8.66. The molecule has 0 atom stereocenters. The van der Waals surface area contributed by atoms with Crippen molar-refractivity contribution in [2.24, 2.45) is 4.99 Å². The van der Waals surface area contributed by atoms with Gasteiger partial charge in [0.2, 0.25) is 0 Å². The molecule has 1 N–H and O–H groups in total. The van der Waals surface area contributed by atoms with Crippen LogP contribution in [0, 0.1) is 0 Å². The van der Waals surface area contributed by atoms with Gasteiger partial charge in [0.25, 0.3) is 0 Å². The van der Waals surface area contributed by atoms with Crippen LogP contribution in [0.2, 0.25) is 0 Å². The maximum absolute atomic E-state index is 10.6. The normalized spacial score (nSPS) is 12.1. The molecule has 5 heteroatoms. The number of fused-ring (bicyclic) bond motifs is 4. The van der Waals surface area contributed by atoms with Crippen LogP contribution in [0.1, 0.15) is 31.9 Å². The van der Waals surface area contributed by atoms with Gasteiger partial charge in [-0.2, -0.15) is 0 Å². The first kappa shape index (κ1) is 29.3. The fraction of sp³-hybridized carbons (Fsp3) is 0.0952. The number of benzene rings is 6. The van der Waals surface area contributed by atoms with Gasteiger partial charge < -0.3 is 5.11 Å². The quantitative estimate of drug-likeness (QED) is 0.190. The molecule has 0 radical (unpaired) electrons. The van der Waals surface area contributed by atoms with E-state index in [-0.39, 0.29) is 11.2 Å². The number of aromatic hydroxyl groups is 1. The number of hydrogen-bond acceptors (Lipinski definition) is 5. The molecule has 0 amide bonds. The number of hydrogen-bond donors (Lipinski definition) is 1. The van der Waals surface area contributed by atoms with Crippen molar-refractivity contribution >= 4 is 65.0 Å². The molecular formula is C42H32N2OS2. The third kappa shape index (κ3) is 5.52. The molecule has 0 fully saturated rings. The molecule has 2 aromatic heterocycles. The molecule has 6 aromatic carbocycles. The van der Waals surface area contributed by atoms with Crippen molar-refractivity contribution in [2.45, 2.75) is 26.2 Å². The SMILES string of the molecule is CC(C)(C)c1ccc(O)c(C=Nc2ccccc2-c2nc3c(-c4ccccc4)cc(-c4ccc5sc6ccccc6c5c4)cc3s2)c1. The Kier molecular flexibility index (Phi) is 7.24. The Bertz CT molecular complexity index is 2460. The highest BCUT2D eigenvalue weighted by molar-refractivity contribution is 7.25. The molecule has 8 rings (SSSR count). The topological polar surface area (TPSA) is 45.5 Å². The minimum Gasteiger partial charge on any atom is -0.507 e. The molecule has 0 spiro atoms. The molecule has 8 aromatic rings. The highest BCUT2D eigenvalue weighted by Gasteiger charge is 2.18. The van der Waals surface area contributed by atoms with Gasteiger partial charge in [0.1, 0.15) is 10.8 Å². The average molecular weight is 645 g/mol. The van der Waals surface area contributed by atoms with Crippen molar-refractivity contribution in [3.63, 3.8) is 0 Å². The summed E-state index contributed by atoms with van der Waals surface area (Å²) in [5, 5.41) is 14.1. The van der Waals surface area contributed by atoms with Gasteiger partial charge >= 0.3 is 0 Å². The summed E-state index contributed by atoms with van der Waals surface area (Å²) in [7, 11) is 0. The minimum atomic E-state index is -0.0340. The van der Waals surface area contributed by atoms with Crippen molar-refractivity contribution in [2.75, 3.05) is 0 Å². The van der Waals surface area contributed by atoms with Crippen LogP contribution in [-0.2, 0) is 5.41 Å². The van der Waals surface area contributed by atoms with E-state index in [1.54, 1.807) is 23.6 Å². The van der Waals surface area contributed by atoms with Gasteiger partial charge in [-0.15, -0.1) is 22.7 Å². The summed E-state index contributed by atoms with van der Waals surface area (Å²) in [6, 6.07) is 44.4. The highest BCUT2D eigenvalue weighted by Crippen LogP contribution is 2.43. The maximum Gasteiger partial charge on any atom is 0.126 e. The largest absolute Gasteiger partial charge is 0.507 e. The third-order valence-corrected chi connectivity index (χ3v) is 10.8. The summed E-state index contributed by atoms with van der Waals surface area (Å²) in [5.74, 6) is 0.216. The molecule has 0 saturated carbocycles. The standard InChI is InChI=1S/C42H32N2OS2/c1-42(2,3)30-18-19-36(45)29(21-30)25-43-35-15-9-7-14-32(35)41-44-40-33(26-11-5-4-6-12-26)23-28(24-39(40)47-41)27-17-20-38-34(22-27)31-13-8-10-16-37(31)46-38/h4-25,45H,1-3H3. The van der Waals surface area contributed by atoms with Crippen molar-refractivity contribution in [1.29, 1.82) is 0 Å². The van der Waals surface area contributed by atoms with Crippen molar-refractivity contribution in [3.8, 4) is 38.6 Å². The molecule has 0 aliphatic heterocycles. The number of aromatic nitrogens is 1. The predicted molar refractivity (Wildman–Crippen MR) is 203 cm³/mol. The summed E-state index contributed by atoms with van der Waals surface area (Å²) < 4.78 is 3.74. The second-order valence-corrected chi connectivity index (χ2v) is 15.0. The van der Waals surface area contributed by atoms with E-state index < -0.39 is 0 Å². The van der Waals surface area contributed by atoms with E-state index in [0.717, 1.165) is 43.2 Å². The van der Waals surface area contributed by atoms with Gasteiger partial charge in [0.15, 0.2) is 0 Å². The monoisotopic (exact) mass is 644 g/mol. The lowest BCUT2D eigenvalue weighted by Crippen LogP contribution is -2.11. The number of para-hydroxylation sites is 1. The lowest BCUT2D eigenvalue weighted by Gasteiger charge is -2.19. The van der Waals surface area contributed by atoms with Gasteiger partial charge in [-0.05, 0) is 82.3 Å². The Morgan fingerprint density at radius 1 is 0.617 bits per heavy atom. The number of thiazole rings is 1. The van der Waals surface area contributed by atoms with Crippen LogP contribution in [-0.4, -0.2) is 16.3 Å². The van der Waals surface area contributed by atoms with Gasteiger partial charge in [-0.1, -0.05) is 93.6 Å². The summed E-state index contributed by atoms with van der Waals surface area (Å²) in [6.07, 6.45) is 1.76. The van der Waals surface area contributed by atoms with Crippen LogP contribution in [0.25, 0.3) is 63.2 Å². The molecule has 0 aliphatic carbocycles. The van der Waals surface area contributed by atoms with Crippen molar-refractivity contribution in [1.82, 2.24) is 4.98 Å². The fourth-order valence-electron chi connectivity index (χ4n) is 6.09. The molecule has 0 aliphatic rings. The first-order chi connectivity index (χ1) is 22.8. The van der Waals surface area contributed by atoms with E-state index in [1.165, 1.54) is 31.3 Å². The molecule has 228 valence electrons. The highest BCUT2D eigenvalue weighted by atomic mass is 32.1. The van der Waals surface area contributed by atoms with Crippen LogP contribution >= 0.6 is 22.7 Å². The summed E-state index contributed by atoms with van der Waals surface area (Å²) in [6.45, 7) is 6.50. The van der Waals surface area contributed by atoms with Gasteiger partial charge in [-0.3, -0.25) is 4.99 Å². The molecular weight excluding hydrogens is 613 g/mol. The zero-order valence-electron chi connectivity index (χ0n) is 26.4. The van der Waals surface area contributed by atoms with Crippen molar-refractivity contribution < 1.29 is 5.11 Å². The summed E-state index contributed by atoms with van der Waals surface area (Å²) >= 11 is 3.53. The first-order valence-electron chi connectivity index (χ1n) is 15.7. The number of phenols is 1. The van der Waals surface area contributed by atoms with E-state index in [1.807, 2.05) is 41.7 Å². The zero-order valence-corrected chi connectivity index (χ0v) is 28.0. The summed E-state index contributed by atoms with van der Waals surface area (Å²) in [5.41, 5.74) is 9.17. The predicted octanol–water partition coefficient (Wildman–Crippen LogP) is 12.4. The van der Waals surface area contributed by atoms with Crippen molar-refractivity contribution in [3.05, 3.63) is 139 Å². The van der Waals surface area contributed by atoms with Crippen LogP contribution < -0.4 is 0 Å². The maximum atomic E-state index is 10.6. The number of aliphatic imine (C=N–C) groups is 1. The lowest BCUT2D eigenvalue weighted by molar-refractivity contribution is 0.473. The number of rotatable bonds is 5. The van der Waals surface area contributed by atoms with E-state index in [2.05, 4.69) is 112 Å². The summed E-state index contributed by atoms with van der Waals surface area (Å²) in [4.78, 5) is 10.1. The second kappa shape index (κ2) is 11.6. The van der Waals surface area contributed by atoms with Gasteiger partial charge in [0.05, 0.1) is 15.9 Å². The average Bonchev–Trinajstić information content (AvgIpc) is 3.69. The smallest absolute Gasteiger partial charge is 0.126 e. The molecule has 47 heavy (non-hydrogen) atoms.